The molecule has 1 saturated heterocycles. The van der Waals surface area contributed by atoms with Crippen LogP contribution in [-0.4, -0.2) is 72.6 Å². The number of likely N-dealkylation sites (N-methyl/N-ethyl adjacent to an activating group) is 1. The second-order valence-corrected chi connectivity index (χ2v) is 10.6. The summed E-state index contributed by atoms with van der Waals surface area (Å²) in [7, 11) is 1.50. The van der Waals surface area contributed by atoms with Gasteiger partial charge in [0.2, 0.25) is 24.0 Å². The minimum atomic E-state index is -0.983. The van der Waals surface area contributed by atoms with E-state index < -0.39 is 53.5 Å². The fourth-order valence-electron chi connectivity index (χ4n) is 4.05. The molecule has 0 aliphatic carbocycles. The number of halogens is 1. The van der Waals surface area contributed by atoms with Crippen LogP contribution in [0.3, 0.4) is 0 Å². The predicted octanol–water partition coefficient (Wildman–Crippen LogP) is 2.47. The number of esters is 1. The number of amides is 4. The number of benzene rings is 1. The van der Waals surface area contributed by atoms with Crippen LogP contribution < -0.4 is 16.0 Å². The summed E-state index contributed by atoms with van der Waals surface area (Å²) in [5.74, 6) is -2.25. The van der Waals surface area contributed by atoms with Crippen molar-refractivity contribution in [2.24, 2.45) is 5.41 Å². The van der Waals surface area contributed by atoms with Gasteiger partial charge in [-0.1, -0.05) is 39.3 Å². The highest BCUT2D eigenvalue weighted by Crippen LogP contribution is 2.26. The van der Waals surface area contributed by atoms with E-state index in [9.17, 15) is 24.0 Å². The van der Waals surface area contributed by atoms with Crippen molar-refractivity contribution >= 4 is 46.9 Å². The summed E-state index contributed by atoms with van der Waals surface area (Å²) < 4.78 is 10.5. The van der Waals surface area contributed by atoms with Crippen molar-refractivity contribution < 1.29 is 33.4 Å². The molecule has 12 heteroatoms. The van der Waals surface area contributed by atoms with Gasteiger partial charge in [-0.05, 0) is 37.0 Å². The molecule has 2 rings (SSSR count). The highest BCUT2D eigenvalue weighted by atomic mass is 35.5. The van der Waals surface area contributed by atoms with Gasteiger partial charge in [0, 0.05) is 26.1 Å². The molecule has 1 aliphatic rings. The zero-order valence-electron chi connectivity index (χ0n) is 22.8. The molecular formula is C26H37ClN4O7. The smallest absolute Gasteiger partial charge is 0.310 e. The summed E-state index contributed by atoms with van der Waals surface area (Å²) in [4.78, 5) is 64.2. The predicted molar refractivity (Wildman–Crippen MR) is 141 cm³/mol. The Hall–Kier alpha value is -3.18. The lowest BCUT2D eigenvalue weighted by Gasteiger charge is -2.36. The molecule has 1 aliphatic heterocycles. The number of rotatable bonds is 10. The first-order chi connectivity index (χ1) is 17.7. The Kier molecular flexibility index (Phi) is 10.7. The van der Waals surface area contributed by atoms with Crippen molar-refractivity contribution in [2.75, 3.05) is 19.0 Å². The van der Waals surface area contributed by atoms with Gasteiger partial charge in [-0.3, -0.25) is 24.0 Å². The third-order valence-corrected chi connectivity index (χ3v) is 6.37. The van der Waals surface area contributed by atoms with Crippen LogP contribution in [0.4, 0.5) is 5.69 Å². The van der Waals surface area contributed by atoms with Gasteiger partial charge >= 0.3 is 5.97 Å². The summed E-state index contributed by atoms with van der Waals surface area (Å²) in [5.41, 5.74) is -0.148. The van der Waals surface area contributed by atoms with E-state index in [-0.39, 0.29) is 22.9 Å². The molecule has 1 fully saturated rings. The van der Waals surface area contributed by atoms with Crippen LogP contribution in [0.5, 0.6) is 0 Å². The van der Waals surface area contributed by atoms with E-state index in [1.165, 1.54) is 37.1 Å². The number of cyclic esters (lactones) is 1. The Balaban J connectivity index is 2.19. The monoisotopic (exact) mass is 552 g/mol. The number of carbonyl (C=O) groups is 5. The van der Waals surface area contributed by atoms with E-state index in [0.717, 1.165) is 0 Å². The van der Waals surface area contributed by atoms with Crippen LogP contribution >= 0.6 is 11.6 Å². The highest BCUT2D eigenvalue weighted by molar-refractivity contribution is 6.34. The molecule has 3 N–H and O–H groups in total. The first kappa shape index (κ1) is 31.0. The molecule has 4 unspecified atom stereocenters. The Morgan fingerprint density at radius 3 is 2.39 bits per heavy atom. The maximum absolute atomic E-state index is 13.6. The van der Waals surface area contributed by atoms with Crippen LogP contribution in [0.1, 0.15) is 64.7 Å². The van der Waals surface area contributed by atoms with Crippen molar-refractivity contribution in [1.82, 2.24) is 15.5 Å². The summed E-state index contributed by atoms with van der Waals surface area (Å²) in [6.07, 6.45) is -0.630. The largest absolute Gasteiger partial charge is 0.433 e. The third kappa shape index (κ3) is 7.91. The lowest BCUT2D eigenvalue weighted by molar-refractivity contribution is -0.164. The third-order valence-electron chi connectivity index (χ3n) is 6.06. The topological polar surface area (TPSA) is 143 Å². The SMILES string of the molecule is CCOC1OC(=O)CC1NC(=O)C(CC)N(C)C(=O)C(NC(=O)c1ccc(NC(C)=O)c(Cl)c1)C(C)(C)C. The van der Waals surface area contributed by atoms with E-state index in [1.807, 2.05) is 0 Å². The number of anilines is 1. The first-order valence-corrected chi connectivity index (χ1v) is 12.8. The summed E-state index contributed by atoms with van der Waals surface area (Å²) in [6.45, 7) is 10.5. The number of nitrogens with one attached hydrogen (secondary N) is 3. The van der Waals surface area contributed by atoms with Crippen molar-refractivity contribution in [1.29, 1.82) is 0 Å². The van der Waals surface area contributed by atoms with Crippen molar-refractivity contribution in [3.63, 3.8) is 0 Å². The molecule has 38 heavy (non-hydrogen) atoms. The van der Waals surface area contributed by atoms with E-state index in [4.69, 9.17) is 21.1 Å². The average molecular weight is 553 g/mol. The lowest BCUT2D eigenvalue weighted by Crippen LogP contribution is -2.59. The van der Waals surface area contributed by atoms with Crippen LogP contribution in [-0.2, 0) is 28.7 Å². The Morgan fingerprint density at radius 2 is 1.87 bits per heavy atom. The van der Waals surface area contributed by atoms with Crippen LogP contribution in [0.25, 0.3) is 0 Å². The van der Waals surface area contributed by atoms with E-state index in [0.29, 0.717) is 18.7 Å². The number of carbonyl (C=O) groups excluding carboxylic acids is 5. The first-order valence-electron chi connectivity index (χ1n) is 12.5. The molecule has 0 spiro atoms. The molecule has 1 heterocycles. The molecule has 4 amide bonds. The van der Waals surface area contributed by atoms with Gasteiger partial charge < -0.3 is 30.3 Å². The van der Waals surface area contributed by atoms with Gasteiger partial charge in [0.1, 0.15) is 18.1 Å². The van der Waals surface area contributed by atoms with E-state index in [1.54, 1.807) is 34.6 Å². The van der Waals surface area contributed by atoms with Crippen LogP contribution in [0, 0.1) is 5.41 Å². The normalized spacial score (nSPS) is 18.7. The Morgan fingerprint density at radius 1 is 1.21 bits per heavy atom. The van der Waals surface area contributed by atoms with Crippen LogP contribution in [0.2, 0.25) is 5.02 Å². The van der Waals surface area contributed by atoms with Crippen molar-refractivity contribution in [3.8, 4) is 0 Å². The molecule has 0 radical (unpaired) electrons. The minimum absolute atomic E-state index is 0.0333. The van der Waals surface area contributed by atoms with Gasteiger partial charge in [-0.15, -0.1) is 0 Å². The highest BCUT2D eigenvalue weighted by Gasteiger charge is 2.41. The average Bonchev–Trinajstić information content (AvgIpc) is 3.16. The Labute approximate surface area is 227 Å². The molecule has 0 saturated carbocycles. The van der Waals surface area contributed by atoms with Gasteiger partial charge in [-0.2, -0.15) is 0 Å². The zero-order valence-corrected chi connectivity index (χ0v) is 23.6. The number of hydrogen-bond acceptors (Lipinski definition) is 7. The Bertz CT molecular complexity index is 1070. The van der Waals surface area contributed by atoms with Gasteiger partial charge in [0.25, 0.3) is 5.91 Å². The number of ether oxygens (including phenoxy) is 2. The second kappa shape index (κ2) is 13.1. The molecule has 11 nitrogen and oxygen atoms in total. The zero-order chi connectivity index (χ0) is 28.8. The summed E-state index contributed by atoms with van der Waals surface area (Å²) >= 11 is 6.21. The van der Waals surface area contributed by atoms with E-state index >= 15 is 0 Å². The number of nitrogens with zero attached hydrogens (tertiary/aromatic N) is 1. The van der Waals surface area contributed by atoms with E-state index in [2.05, 4.69) is 16.0 Å². The maximum atomic E-state index is 13.6. The summed E-state index contributed by atoms with van der Waals surface area (Å²) in [5, 5.41) is 8.28. The molecule has 0 aromatic heterocycles. The van der Waals surface area contributed by atoms with Crippen LogP contribution in [0.15, 0.2) is 18.2 Å². The molecule has 0 bridgehead atoms. The standard InChI is InChI=1S/C26H37ClN4O7/c1-8-19(23(35)29-18-13-20(33)38-25(18)37-9-2)31(7)24(36)21(26(4,5)6)30-22(34)15-10-11-17(16(27)12-15)28-14(3)32/h10-12,18-19,21,25H,8-9,13H2,1-7H3,(H,28,32)(H,29,35)(H,30,34). The quantitative estimate of drug-likeness (QED) is 0.378. The van der Waals surface area contributed by atoms with Gasteiger partial charge in [-0.25, -0.2) is 0 Å². The van der Waals surface area contributed by atoms with Gasteiger partial charge in [0.15, 0.2) is 0 Å². The summed E-state index contributed by atoms with van der Waals surface area (Å²) in [6, 6.07) is 1.87. The fourth-order valence-corrected chi connectivity index (χ4v) is 4.28. The van der Waals surface area contributed by atoms with Gasteiger partial charge in [0.05, 0.1) is 17.1 Å². The molecule has 210 valence electrons. The molecule has 4 atom stereocenters. The minimum Gasteiger partial charge on any atom is -0.433 e. The number of hydrogen-bond donors (Lipinski definition) is 3. The second-order valence-electron chi connectivity index (χ2n) is 10.2. The van der Waals surface area contributed by atoms with Crippen molar-refractivity contribution in [2.45, 2.75) is 78.8 Å². The fraction of sp³-hybridized carbons (Fsp3) is 0.577. The molecular weight excluding hydrogens is 516 g/mol. The molecule has 1 aromatic rings. The lowest BCUT2D eigenvalue weighted by atomic mass is 9.85. The maximum Gasteiger partial charge on any atom is 0.310 e. The van der Waals surface area contributed by atoms with Crippen molar-refractivity contribution in [3.05, 3.63) is 28.8 Å². The molecule has 1 aromatic carbocycles.